The molecule has 10 nitrogen and oxygen atoms in total. The molecule has 3 aromatic heterocycles. The number of H-pyrrole nitrogens is 2. The molecule has 5 rings (SSSR count). The molecular weight excluding hydrogens is 454 g/mol. The molecule has 2 aromatic carbocycles. The molecule has 5 aromatic rings. The summed E-state index contributed by atoms with van der Waals surface area (Å²) in [7, 11) is 1.44. The first-order chi connectivity index (χ1) is 16.7. The molecule has 180 valence electrons. The molecule has 0 fully saturated rings. The van der Waals surface area contributed by atoms with Gasteiger partial charge in [-0.2, -0.15) is 0 Å². The van der Waals surface area contributed by atoms with Crippen LogP contribution in [0.2, 0.25) is 0 Å². The van der Waals surface area contributed by atoms with Crippen LogP contribution in [0.5, 0.6) is 11.5 Å². The lowest BCUT2D eigenvalue weighted by Gasteiger charge is -2.13. The summed E-state index contributed by atoms with van der Waals surface area (Å²) < 4.78 is 18.7. The molecule has 0 spiro atoms. The minimum Gasteiger partial charge on any atom is -0.493 e. The summed E-state index contributed by atoms with van der Waals surface area (Å²) in [6.45, 7) is 5.07. The van der Waals surface area contributed by atoms with E-state index in [1.54, 1.807) is 35.9 Å². The lowest BCUT2D eigenvalue weighted by atomic mass is 10.0. The highest BCUT2D eigenvalue weighted by molar-refractivity contribution is 6.14. The van der Waals surface area contributed by atoms with E-state index in [1.807, 2.05) is 13.8 Å². The van der Waals surface area contributed by atoms with Crippen LogP contribution in [0.3, 0.4) is 0 Å². The van der Waals surface area contributed by atoms with Gasteiger partial charge in [0.25, 0.3) is 5.56 Å². The average molecular weight is 477 g/mol. The zero-order valence-electron chi connectivity index (χ0n) is 19.5. The zero-order valence-corrected chi connectivity index (χ0v) is 19.5. The van der Waals surface area contributed by atoms with Gasteiger partial charge in [-0.3, -0.25) is 19.4 Å². The van der Waals surface area contributed by atoms with Crippen LogP contribution in [-0.4, -0.2) is 39.6 Å². The lowest BCUT2D eigenvalue weighted by Crippen LogP contribution is -2.10. The molecular formula is C25H23N3O7. The zero-order chi connectivity index (χ0) is 25.0. The van der Waals surface area contributed by atoms with Gasteiger partial charge in [-0.05, 0) is 50.6 Å². The predicted octanol–water partition coefficient (Wildman–Crippen LogP) is 3.95. The maximum Gasteiger partial charge on any atom is 0.341 e. The third-order valence-corrected chi connectivity index (χ3v) is 6.02. The number of fused-ring (bicyclic) bond motifs is 4. The number of rotatable bonds is 6. The molecule has 3 N–H and O–H groups in total. The van der Waals surface area contributed by atoms with Crippen molar-refractivity contribution < 1.29 is 23.8 Å². The standard InChI is InChI=1S/C25H23N3O7/c1-11(2)28-24-20(25(32)27-28)19(13-5-8-16(17(9-13)33-4)34-10-18(30)31)23-21(26-24)14-6-7-15(29)12(3)22(14)35-23/h5-9,11,26H,10H2,1-4H3,(H,27,32)(H,30,31). The van der Waals surface area contributed by atoms with E-state index in [2.05, 4.69) is 10.1 Å². The largest absolute Gasteiger partial charge is 0.493 e. The highest BCUT2D eigenvalue weighted by Crippen LogP contribution is 2.41. The highest BCUT2D eigenvalue weighted by atomic mass is 16.5. The molecule has 3 heterocycles. The molecule has 0 aliphatic carbocycles. The molecule has 0 radical (unpaired) electrons. The van der Waals surface area contributed by atoms with E-state index in [1.165, 1.54) is 13.2 Å². The molecule has 0 bridgehead atoms. The van der Waals surface area contributed by atoms with Crippen LogP contribution >= 0.6 is 0 Å². The van der Waals surface area contributed by atoms with Gasteiger partial charge in [0.1, 0.15) is 11.2 Å². The number of benzene rings is 2. The number of carbonyl (C=O) groups is 1. The van der Waals surface area contributed by atoms with E-state index in [4.69, 9.17) is 19.0 Å². The Balaban J connectivity index is 1.90. The van der Waals surface area contributed by atoms with Gasteiger partial charge in [-0.15, -0.1) is 0 Å². The average Bonchev–Trinajstić information content (AvgIpc) is 3.37. The first-order valence-electron chi connectivity index (χ1n) is 11.0. The van der Waals surface area contributed by atoms with Crippen molar-refractivity contribution in [3.05, 3.63) is 56.5 Å². The fourth-order valence-corrected chi connectivity index (χ4v) is 4.36. The Labute approximate surface area is 197 Å². The minimum absolute atomic E-state index is 0.0452. The second-order valence-electron chi connectivity index (χ2n) is 8.55. The van der Waals surface area contributed by atoms with E-state index in [0.717, 1.165) is 5.39 Å². The van der Waals surface area contributed by atoms with Crippen molar-refractivity contribution in [2.45, 2.75) is 26.8 Å². The van der Waals surface area contributed by atoms with E-state index in [0.29, 0.717) is 50.2 Å². The molecule has 0 saturated carbocycles. The molecule has 0 atom stereocenters. The molecule has 0 unspecified atom stereocenters. The van der Waals surface area contributed by atoms with Crippen molar-refractivity contribution in [2.24, 2.45) is 0 Å². The molecule has 35 heavy (non-hydrogen) atoms. The number of hydrogen-bond donors (Lipinski definition) is 3. The van der Waals surface area contributed by atoms with Crippen LogP contribution in [-0.2, 0) is 4.79 Å². The Morgan fingerprint density at radius 1 is 1.14 bits per heavy atom. The summed E-state index contributed by atoms with van der Waals surface area (Å²) in [4.78, 5) is 39.7. The number of aromatic nitrogens is 3. The Hall–Kier alpha value is -4.47. The predicted molar refractivity (Wildman–Crippen MR) is 131 cm³/mol. The van der Waals surface area contributed by atoms with Crippen LogP contribution in [0, 0.1) is 6.92 Å². The maximum atomic E-state index is 13.2. The van der Waals surface area contributed by atoms with Crippen LogP contribution in [0.4, 0.5) is 0 Å². The Morgan fingerprint density at radius 2 is 1.91 bits per heavy atom. The molecule has 0 aliphatic heterocycles. The van der Waals surface area contributed by atoms with Crippen LogP contribution in [0.25, 0.3) is 44.2 Å². The number of carboxylic acids is 1. The van der Waals surface area contributed by atoms with Crippen molar-refractivity contribution in [3.63, 3.8) is 0 Å². The fraction of sp³-hybridized carbons (Fsp3) is 0.240. The topological polar surface area (TPSA) is 140 Å². The van der Waals surface area contributed by atoms with Gasteiger partial charge in [0, 0.05) is 22.6 Å². The quantitative estimate of drug-likeness (QED) is 0.336. The van der Waals surface area contributed by atoms with Crippen LogP contribution < -0.4 is 20.5 Å². The third-order valence-electron chi connectivity index (χ3n) is 6.02. The van der Waals surface area contributed by atoms with E-state index < -0.39 is 12.6 Å². The van der Waals surface area contributed by atoms with E-state index in [-0.39, 0.29) is 22.8 Å². The number of furan rings is 1. The maximum absolute atomic E-state index is 13.2. The Bertz CT molecular complexity index is 1750. The van der Waals surface area contributed by atoms with Crippen molar-refractivity contribution in [3.8, 4) is 22.6 Å². The number of carboxylic acid groups (broad SMARTS) is 1. The van der Waals surface area contributed by atoms with Gasteiger partial charge < -0.3 is 24.0 Å². The molecule has 10 heteroatoms. The van der Waals surface area contributed by atoms with Gasteiger partial charge in [0.05, 0.1) is 18.0 Å². The minimum atomic E-state index is -1.12. The molecule has 0 amide bonds. The number of hydrogen-bond acceptors (Lipinski definition) is 6. The second kappa shape index (κ2) is 8.08. The van der Waals surface area contributed by atoms with E-state index in [9.17, 15) is 14.4 Å². The SMILES string of the molecule is COc1cc(-c2c3oc4c(C)c(=O)ccc4c3[nH]c3c2c(=O)[nH]n3C(C)C)ccc1OCC(=O)O. The number of ether oxygens (including phenoxy) is 2. The van der Waals surface area contributed by atoms with Gasteiger partial charge in [0.15, 0.2) is 29.1 Å². The van der Waals surface area contributed by atoms with E-state index >= 15 is 0 Å². The summed E-state index contributed by atoms with van der Waals surface area (Å²) in [6.07, 6.45) is 0. The summed E-state index contributed by atoms with van der Waals surface area (Å²) in [5.41, 5.74) is 3.20. The Kier molecular flexibility index (Phi) is 5.16. The lowest BCUT2D eigenvalue weighted by molar-refractivity contribution is -0.139. The van der Waals surface area contributed by atoms with Crippen molar-refractivity contribution >= 4 is 39.1 Å². The van der Waals surface area contributed by atoms with Crippen molar-refractivity contribution in [1.82, 2.24) is 14.8 Å². The number of nitrogens with one attached hydrogen (secondary N) is 2. The normalized spacial score (nSPS) is 11.7. The fourth-order valence-electron chi connectivity index (χ4n) is 4.36. The number of aromatic amines is 2. The number of methoxy groups -OCH3 is 1. The first-order valence-corrected chi connectivity index (χ1v) is 11.0. The van der Waals surface area contributed by atoms with Gasteiger partial charge in [-0.25, -0.2) is 4.79 Å². The summed E-state index contributed by atoms with van der Waals surface area (Å²) in [5, 5.41) is 12.9. The number of pyridine rings is 1. The van der Waals surface area contributed by atoms with Crippen LogP contribution in [0.1, 0.15) is 25.5 Å². The van der Waals surface area contributed by atoms with Gasteiger partial charge in [-0.1, -0.05) is 6.07 Å². The monoisotopic (exact) mass is 477 g/mol. The second-order valence-corrected chi connectivity index (χ2v) is 8.55. The third kappa shape index (κ3) is 3.45. The summed E-state index contributed by atoms with van der Waals surface area (Å²) in [6, 6.07) is 8.11. The van der Waals surface area contributed by atoms with Gasteiger partial charge in [0.2, 0.25) is 0 Å². The molecule has 0 aliphatic rings. The van der Waals surface area contributed by atoms with Gasteiger partial charge >= 0.3 is 5.97 Å². The summed E-state index contributed by atoms with van der Waals surface area (Å²) >= 11 is 0. The number of nitrogens with zero attached hydrogens (tertiary/aromatic N) is 1. The number of aryl methyl sites for hydroxylation is 1. The smallest absolute Gasteiger partial charge is 0.341 e. The van der Waals surface area contributed by atoms with Crippen LogP contribution in [0.15, 0.2) is 44.3 Å². The Morgan fingerprint density at radius 3 is 2.60 bits per heavy atom. The summed E-state index contributed by atoms with van der Waals surface area (Å²) in [5.74, 6) is -0.569. The first kappa shape index (κ1) is 22.3. The highest BCUT2D eigenvalue weighted by Gasteiger charge is 2.24. The van der Waals surface area contributed by atoms with Crippen molar-refractivity contribution in [2.75, 3.05) is 13.7 Å². The molecule has 0 saturated heterocycles. The van der Waals surface area contributed by atoms with Crippen molar-refractivity contribution in [1.29, 1.82) is 0 Å². The number of aliphatic carboxylic acids is 1.